The van der Waals surface area contributed by atoms with Gasteiger partial charge in [-0.3, -0.25) is 0 Å². The van der Waals surface area contributed by atoms with Crippen LogP contribution >= 0.6 is 11.3 Å². The molecule has 0 saturated heterocycles. The van der Waals surface area contributed by atoms with Gasteiger partial charge in [-0.15, -0.1) is 11.3 Å². The molecule has 1 aromatic carbocycles. The minimum Gasteiger partial charge on any atom is -0.478 e. The van der Waals surface area contributed by atoms with Crippen LogP contribution in [0.25, 0.3) is 0 Å². The number of nitrogens with one attached hydrogen (secondary N) is 1. The number of halogens is 3. The van der Waals surface area contributed by atoms with Crippen molar-refractivity contribution >= 4 is 17.3 Å². The second-order valence-electron chi connectivity index (χ2n) is 5.80. The van der Waals surface area contributed by atoms with Gasteiger partial charge >= 0.3 is 12.1 Å². The highest BCUT2D eigenvalue weighted by atomic mass is 32.1. The number of carboxylic acid groups (broad SMARTS) is 1. The standard InChI is InChI=1S/C18H18F3NO3S/c1-12(13-6-3-2-4-7-13)22-14(10-16(23)24)11-17(25,18(19,20)21)15-8-5-9-26-15/h2-10,12,22,25H,11H2,1H3,(H,23,24)/b14-10-/t12-,17?/m1/s1. The molecule has 1 heterocycles. The van der Waals surface area contributed by atoms with Crippen molar-refractivity contribution in [2.45, 2.75) is 31.2 Å². The molecule has 2 rings (SSSR count). The Balaban J connectivity index is 2.33. The first-order valence-electron chi connectivity index (χ1n) is 7.71. The molecule has 0 aliphatic heterocycles. The fourth-order valence-electron chi connectivity index (χ4n) is 2.51. The second kappa shape index (κ2) is 7.92. The summed E-state index contributed by atoms with van der Waals surface area (Å²) in [6.07, 6.45) is -5.24. The number of thiophene rings is 1. The molecule has 0 radical (unpaired) electrons. The quantitative estimate of drug-likeness (QED) is 0.625. The Morgan fingerprint density at radius 2 is 1.88 bits per heavy atom. The number of alkyl halides is 3. The van der Waals surface area contributed by atoms with Crippen molar-refractivity contribution in [2.75, 3.05) is 0 Å². The van der Waals surface area contributed by atoms with E-state index in [0.717, 1.165) is 16.9 Å². The summed E-state index contributed by atoms with van der Waals surface area (Å²) in [5, 5.41) is 23.6. The first-order chi connectivity index (χ1) is 12.1. The number of carboxylic acids is 1. The molecule has 0 bridgehead atoms. The monoisotopic (exact) mass is 385 g/mol. The van der Waals surface area contributed by atoms with Gasteiger partial charge in [-0.1, -0.05) is 36.4 Å². The van der Waals surface area contributed by atoms with Crippen LogP contribution in [0.15, 0.2) is 59.6 Å². The van der Waals surface area contributed by atoms with Crippen LogP contribution in [0.5, 0.6) is 0 Å². The Morgan fingerprint density at radius 1 is 1.23 bits per heavy atom. The molecule has 2 aromatic rings. The van der Waals surface area contributed by atoms with Crippen LogP contribution in [0.3, 0.4) is 0 Å². The molecule has 2 atom stereocenters. The lowest BCUT2D eigenvalue weighted by Gasteiger charge is -2.31. The van der Waals surface area contributed by atoms with Crippen molar-refractivity contribution in [3.63, 3.8) is 0 Å². The molecule has 0 aliphatic rings. The number of aliphatic hydroxyl groups is 1. The summed E-state index contributed by atoms with van der Waals surface area (Å²) in [4.78, 5) is 10.8. The highest BCUT2D eigenvalue weighted by Gasteiger charge is 2.56. The summed E-state index contributed by atoms with van der Waals surface area (Å²) in [6, 6.07) is 11.0. The van der Waals surface area contributed by atoms with Gasteiger partial charge in [-0.25, -0.2) is 4.79 Å². The molecule has 140 valence electrons. The van der Waals surface area contributed by atoms with Gasteiger partial charge in [0.05, 0.1) is 0 Å². The molecular formula is C18H18F3NO3S. The van der Waals surface area contributed by atoms with Gasteiger partial charge in [0.2, 0.25) is 0 Å². The van der Waals surface area contributed by atoms with E-state index in [1.165, 1.54) is 17.5 Å². The molecule has 26 heavy (non-hydrogen) atoms. The van der Waals surface area contributed by atoms with E-state index in [2.05, 4.69) is 5.32 Å². The predicted molar refractivity (Wildman–Crippen MR) is 92.6 cm³/mol. The van der Waals surface area contributed by atoms with Crippen molar-refractivity contribution in [2.24, 2.45) is 0 Å². The molecule has 0 spiro atoms. The van der Waals surface area contributed by atoms with Gasteiger partial charge in [0, 0.05) is 29.1 Å². The SMILES string of the molecule is C[C@@H](N/C(=C\C(=O)O)CC(O)(c1cccs1)C(F)(F)F)c1ccccc1. The lowest BCUT2D eigenvalue weighted by molar-refractivity contribution is -0.265. The van der Waals surface area contributed by atoms with Gasteiger partial charge in [0.1, 0.15) is 0 Å². The van der Waals surface area contributed by atoms with Crippen LogP contribution in [-0.4, -0.2) is 22.4 Å². The number of hydrogen-bond donors (Lipinski definition) is 3. The van der Waals surface area contributed by atoms with E-state index in [0.29, 0.717) is 6.08 Å². The van der Waals surface area contributed by atoms with Gasteiger partial charge in [0.15, 0.2) is 5.60 Å². The zero-order chi connectivity index (χ0) is 19.4. The maximum absolute atomic E-state index is 13.6. The minimum absolute atomic E-state index is 0.220. The molecule has 1 aromatic heterocycles. The summed E-state index contributed by atoms with van der Waals surface area (Å²) in [5.41, 5.74) is -2.62. The topological polar surface area (TPSA) is 69.6 Å². The third kappa shape index (κ3) is 4.64. The summed E-state index contributed by atoms with van der Waals surface area (Å²) in [5.74, 6) is -1.40. The zero-order valence-corrected chi connectivity index (χ0v) is 14.6. The zero-order valence-electron chi connectivity index (χ0n) is 13.8. The summed E-state index contributed by atoms with van der Waals surface area (Å²) < 4.78 is 40.7. The van der Waals surface area contributed by atoms with Crippen LogP contribution in [0, 0.1) is 0 Å². The van der Waals surface area contributed by atoms with E-state index in [-0.39, 0.29) is 10.6 Å². The molecule has 3 N–H and O–H groups in total. The largest absolute Gasteiger partial charge is 0.478 e. The normalized spacial score (nSPS) is 16.0. The van der Waals surface area contributed by atoms with Crippen LogP contribution in [0.4, 0.5) is 13.2 Å². The molecule has 0 fully saturated rings. The van der Waals surface area contributed by atoms with Crippen molar-refractivity contribution < 1.29 is 28.2 Å². The summed E-state index contributed by atoms with van der Waals surface area (Å²) in [6.45, 7) is 1.70. The van der Waals surface area contributed by atoms with Crippen molar-refractivity contribution in [3.05, 3.63) is 70.1 Å². The Hall–Kier alpha value is -2.32. The van der Waals surface area contributed by atoms with E-state index in [4.69, 9.17) is 5.11 Å². The van der Waals surface area contributed by atoms with Gasteiger partial charge in [0.25, 0.3) is 0 Å². The van der Waals surface area contributed by atoms with Crippen molar-refractivity contribution in [3.8, 4) is 0 Å². The summed E-state index contributed by atoms with van der Waals surface area (Å²) in [7, 11) is 0. The maximum atomic E-state index is 13.6. The predicted octanol–water partition coefficient (Wildman–Crippen LogP) is 4.21. The highest BCUT2D eigenvalue weighted by molar-refractivity contribution is 7.10. The first-order valence-corrected chi connectivity index (χ1v) is 8.59. The van der Waals surface area contributed by atoms with E-state index in [9.17, 15) is 23.1 Å². The van der Waals surface area contributed by atoms with Gasteiger partial charge in [-0.2, -0.15) is 13.2 Å². The molecule has 0 amide bonds. The Labute approximate surface area is 152 Å². The molecule has 8 heteroatoms. The number of carbonyl (C=O) groups is 1. The van der Waals surface area contributed by atoms with Crippen LogP contribution in [0.1, 0.15) is 29.8 Å². The molecule has 4 nitrogen and oxygen atoms in total. The van der Waals surface area contributed by atoms with Gasteiger partial charge in [-0.05, 0) is 23.9 Å². The number of rotatable bonds is 7. The number of hydrogen-bond acceptors (Lipinski definition) is 4. The minimum atomic E-state index is -4.97. The number of aliphatic carboxylic acids is 1. The number of benzene rings is 1. The molecular weight excluding hydrogens is 367 g/mol. The van der Waals surface area contributed by atoms with E-state index in [1.54, 1.807) is 37.3 Å². The lowest BCUT2D eigenvalue weighted by atomic mass is 9.94. The Morgan fingerprint density at radius 3 is 2.38 bits per heavy atom. The van der Waals surface area contributed by atoms with Crippen LogP contribution in [-0.2, 0) is 10.4 Å². The fourth-order valence-corrected chi connectivity index (χ4v) is 3.36. The Kier molecular flexibility index (Phi) is 6.09. The smallest absolute Gasteiger partial charge is 0.422 e. The van der Waals surface area contributed by atoms with E-state index in [1.807, 2.05) is 0 Å². The van der Waals surface area contributed by atoms with E-state index < -0.39 is 30.2 Å². The lowest BCUT2D eigenvalue weighted by Crippen LogP contribution is -2.43. The summed E-state index contributed by atoms with van der Waals surface area (Å²) >= 11 is 0.760. The third-order valence-corrected chi connectivity index (χ3v) is 4.86. The van der Waals surface area contributed by atoms with Crippen molar-refractivity contribution in [1.82, 2.24) is 5.32 Å². The Bertz CT molecular complexity index is 760. The average molecular weight is 385 g/mol. The van der Waals surface area contributed by atoms with Crippen molar-refractivity contribution in [1.29, 1.82) is 0 Å². The molecule has 1 unspecified atom stereocenters. The van der Waals surface area contributed by atoms with Gasteiger partial charge < -0.3 is 15.5 Å². The van der Waals surface area contributed by atoms with E-state index >= 15 is 0 Å². The van der Waals surface area contributed by atoms with Crippen LogP contribution < -0.4 is 5.32 Å². The van der Waals surface area contributed by atoms with Crippen LogP contribution in [0.2, 0.25) is 0 Å². The molecule has 0 aliphatic carbocycles. The fraction of sp³-hybridized carbons (Fsp3) is 0.278. The highest BCUT2D eigenvalue weighted by Crippen LogP contribution is 2.45. The molecule has 0 saturated carbocycles. The third-order valence-electron chi connectivity index (χ3n) is 3.84. The first kappa shape index (κ1) is 20.0. The maximum Gasteiger partial charge on any atom is 0.422 e. The second-order valence-corrected chi connectivity index (χ2v) is 6.74. The average Bonchev–Trinajstić information content (AvgIpc) is 3.08.